The number of unbranched alkanes of at least 4 members (excludes halogenated alkanes) is 1. The normalized spacial score (nSPS) is 26.7. The number of aliphatic hydroxyl groups excluding tert-OH is 1. The molecule has 0 radical (unpaired) electrons. The van der Waals surface area contributed by atoms with E-state index >= 15 is 0 Å². The minimum Gasteiger partial charge on any atom is -0.488 e. The Kier molecular flexibility index (Phi) is 4.61. The molecule has 100 valence electrons. The van der Waals surface area contributed by atoms with Crippen LogP contribution in [0.15, 0.2) is 24.3 Å². The molecule has 0 bridgehead atoms. The molecule has 1 saturated carbocycles. The molecule has 1 aromatic rings. The van der Waals surface area contributed by atoms with E-state index < -0.39 is 0 Å². The Hall–Kier alpha value is -1.06. The first kappa shape index (κ1) is 13.4. The van der Waals surface area contributed by atoms with Crippen molar-refractivity contribution >= 4 is 0 Å². The SMILES string of the molecule is CCCCc1ccc(OC2CC(O)C2OC)cc1. The summed E-state index contributed by atoms with van der Waals surface area (Å²) in [6, 6.07) is 8.23. The molecule has 0 heterocycles. The summed E-state index contributed by atoms with van der Waals surface area (Å²) < 4.78 is 11.0. The van der Waals surface area contributed by atoms with Crippen molar-refractivity contribution in [3.05, 3.63) is 29.8 Å². The fraction of sp³-hybridized carbons (Fsp3) is 0.600. The molecule has 3 atom stereocenters. The minimum absolute atomic E-state index is 0.0218. The van der Waals surface area contributed by atoms with Gasteiger partial charge in [-0.05, 0) is 30.5 Å². The lowest BCUT2D eigenvalue weighted by Crippen LogP contribution is -2.54. The molecule has 0 saturated heterocycles. The second-order valence-corrected chi connectivity index (χ2v) is 4.91. The van der Waals surface area contributed by atoms with Crippen LogP contribution in [0.3, 0.4) is 0 Å². The van der Waals surface area contributed by atoms with E-state index in [-0.39, 0.29) is 18.3 Å². The summed E-state index contributed by atoms with van der Waals surface area (Å²) in [5.41, 5.74) is 1.35. The molecule has 1 aliphatic rings. The van der Waals surface area contributed by atoms with Crippen LogP contribution in [0.2, 0.25) is 0 Å². The Labute approximate surface area is 109 Å². The molecule has 0 amide bonds. The van der Waals surface area contributed by atoms with Gasteiger partial charge in [-0.3, -0.25) is 0 Å². The summed E-state index contributed by atoms with van der Waals surface area (Å²) in [5, 5.41) is 9.49. The van der Waals surface area contributed by atoms with Gasteiger partial charge < -0.3 is 14.6 Å². The second kappa shape index (κ2) is 6.21. The molecule has 0 aromatic heterocycles. The Morgan fingerprint density at radius 1 is 1.28 bits per heavy atom. The fourth-order valence-corrected chi connectivity index (χ4v) is 2.27. The first-order chi connectivity index (χ1) is 8.74. The van der Waals surface area contributed by atoms with Crippen LogP contribution in [0.4, 0.5) is 0 Å². The van der Waals surface area contributed by atoms with Gasteiger partial charge in [0.1, 0.15) is 18.0 Å². The molecule has 0 aliphatic heterocycles. The molecule has 2 rings (SSSR count). The molecular formula is C15H22O3. The summed E-state index contributed by atoms with van der Waals surface area (Å²) >= 11 is 0. The lowest BCUT2D eigenvalue weighted by atomic mass is 9.88. The molecular weight excluding hydrogens is 228 g/mol. The van der Waals surface area contributed by atoms with Crippen LogP contribution in [0.5, 0.6) is 5.75 Å². The van der Waals surface area contributed by atoms with Crippen LogP contribution in [-0.4, -0.2) is 30.5 Å². The number of hydrogen-bond donors (Lipinski definition) is 1. The first-order valence-electron chi connectivity index (χ1n) is 6.71. The third-order valence-electron chi connectivity index (χ3n) is 3.52. The maximum Gasteiger partial charge on any atom is 0.130 e. The van der Waals surface area contributed by atoms with Crippen LogP contribution < -0.4 is 4.74 Å². The summed E-state index contributed by atoms with van der Waals surface area (Å²) in [7, 11) is 1.61. The van der Waals surface area contributed by atoms with Crippen molar-refractivity contribution in [1.29, 1.82) is 0 Å². The Balaban J connectivity index is 1.86. The number of rotatable bonds is 6. The average Bonchev–Trinajstić information content (AvgIpc) is 2.37. The van der Waals surface area contributed by atoms with Crippen LogP contribution in [0, 0.1) is 0 Å². The van der Waals surface area contributed by atoms with Gasteiger partial charge in [0.15, 0.2) is 0 Å². The lowest BCUT2D eigenvalue weighted by Gasteiger charge is -2.39. The second-order valence-electron chi connectivity index (χ2n) is 4.91. The van der Waals surface area contributed by atoms with Crippen molar-refractivity contribution in [3.63, 3.8) is 0 Å². The van der Waals surface area contributed by atoms with Gasteiger partial charge in [-0.15, -0.1) is 0 Å². The third kappa shape index (κ3) is 3.03. The van der Waals surface area contributed by atoms with Crippen LogP contribution in [-0.2, 0) is 11.2 Å². The number of benzene rings is 1. The monoisotopic (exact) mass is 250 g/mol. The van der Waals surface area contributed by atoms with E-state index in [4.69, 9.17) is 9.47 Å². The predicted octanol–water partition coefficient (Wildman–Crippen LogP) is 2.56. The van der Waals surface area contributed by atoms with Crippen molar-refractivity contribution < 1.29 is 14.6 Å². The van der Waals surface area contributed by atoms with Gasteiger partial charge >= 0.3 is 0 Å². The van der Waals surface area contributed by atoms with Gasteiger partial charge in [-0.25, -0.2) is 0 Å². The molecule has 1 fully saturated rings. The zero-order valence-electron chi connectivity index (χ0n) is 11.1. The van der Waals surface area contributed by atoms with Crippen LogP contribution in [0.25, 0.3) is 0 Å². The smallest absolute Gasteiger partial charge is 0.130 e. The Morgan fingerprint density at radius 3 is 2.56 bits per heavy atom. The maximum atomic E-state index is 9.49. The number of hydrogen-bond acceptors (Lipinski definition) is 3. The Morgan fingerprint density at radius 2 is 2.00 bits per heavy atom. The Bertz CT molecular complexity index is 361. The van der Waals surface area contributed by atoms with Crippen molar-refractivity contribution in [2.75, 3.05) is 7.11 Å². The molecule has 1 aromatic carbocycles. The third-order valence-corrected chi connectivity index (χ3v) is 3.52. The summed E-state index contributed by atoms with van der Waals surface area (Å²) in [6.07, 6.45) is 3.62. The van der Waals surface area contributed by atoms with E-state index in [2.05, 4.69) is 19.1 Å². The predicted molar refractivity (Wildman–Crippen MR) is 70.9 cm³/mol. The van der Waals surface area contributed by atoms with E-state index in [0.717, 1.165) is 12.2 Å². The molecule has 3 heteroatoms. The van der Waals surface area contributed by atoms with Gasteiger partial charge in [-0.2, -0.15) is 0 Å². The summed E-state index contributed by atoms with van der Waals surface area (Å²) in [5.74, 6) is 0.856. The highest BCUT2D eigenvalue weighted by atomic mass is 16.6. The van der Waals surface area contributed by atoms with Gasteiger partial charge in [0.25, 0.3) is 0 Å². The molecule has 0 spiro atoms. The van der Waals surface area contributed by atoms with E-state index in [1.54, 1.807) is 7.11 Å². The van der Waals surface area contributed by atoms with Crippen LogP contribution >= 0.6 is 0 Å². The van der Waals surface area contributed by atoms with Gasteiger partial charge in [0.05, 0.1) is 6.10 Å². The molecule has 18 heavy (non-hydrogen) atoms. The number of aliphatic hydroxyl groups is 1. The van der Waals surface area contributed by atoms with Crippen molar-refractivity contribution in [1.82, 2.24) is 0 Å². The van der Waals surface area contributed by atoms with Crippen molar-refractivity contribution in [3.8, 4) is 5.75 Å². The maximum absolute atomic E-state index is 9.49. The zero-order valence-corrected chi connectivity index (χ0v) is 11.1. The number of ether oxygens (including phenoxy) is 2. The van der Waals surface area contributed by atoms with Crippen LogP contribution in [0.1, 0.15) is 31.7 Å². The largest absolute Gasteiger partial charge is 0.488 e. The van der Waals surface area contributed by atoms with Gasteiger partial charge in [0.2, 0.25) is 0 Å². The van der Waals surface area contributed by atoms with Crippen molar-refractivity contribution in [2.24, 2.45) is 0 Å². The molecule has 3 unspecified atom stereocenters. The first-order valence-corrected chi connectivity index (χ1v) is 6.71. The fourth-order valence-electron chi connectivity index (χ4n) is 2.27. The quantitative estimate of drug-likeness (QED) is 0.843. The lowest BCUT2D eigenvalue weighted by molar-refractivity contribution is -0.149. The highest BCUT2D eigenvalue weighted by Gasteiger charge is 2.42. The van der Waals surface area contributed by atoms with Gasteiger partial charge in [-0.1, -0.05) is 25.5 Å². The summed E-state index contributed by atoms with van der Waals surface area (Å²) in [4.78, 5) is 0. The minimum atomic E-state index is -0.385. The topological polar surface area (TPSA) is 38.7 Å². The van der Waals surface area contributed by atoms with E-state index in [1.807, 2.05) is 12.1 Å². The van der Waals surface area contributed by atoms with Gasteiger partial charge in [0, 0.05) is 13.5 Å². The van der Waals surface area contributed by atoms with E-state index in [1.165, 1.54) is 18.4 Å². The summed E-state index contributed by atoms with van der Waals surface area (Å²) in [6.45, 7) is 2.20. The van der Waals surface area contributed by atoms with Crippen molar-refractivity contribution in [2.45, 2.75) is 50.9 Å². The highest BCUT2D eigenvalue weighted by molar-refractivity contribution is 5.28. The molecule has 3 nitrogen and oxygen atoms in total. The number of aryl methyl sites for hydroxylation is 1. The zero-order chi connectivity index (χ0) is 13.0. The highest BCUT2D eigenvalue weighted by Crippen LogP contribution is 2.28. The molecule has 1 N–H and O–H groups in total. The standard InChI is InChI=1S/C15H22O3/c1-3-4-5-11-6-8-12(9-7-11)18-14-10-13(16)15(14)17-2/h6-9,13-16H,3-5,10H2,1-2H3. The van der Waals surface area contributed by atoms with E-state index in [9.17, 15) is 5.11 Å². The number of methoxy groups -OCH3 is 1. The van der Waals surface area contributed by atoms with E-state index in [0.29, 0.717) is 6.42 Å². The molecule has 1 aliphatic carbocycles. The average molecular weight is 250 g/mol.